The van der Waals surface area contributed by atoms with Crippen LogP contribution in [0.2, 0.25) is 0 Å². The first-order valence-corrected chi connectivity index (χ1v) is 42.0. The maximum absolute atomic E-state index is 13.2. The van der Waals surface area contributed by atoms with E-state index >= 15 is 0 Å². The van der Waals surface area contributed by atoms with E-state index < -0.39 is 136 Å². The third kappa shape index (κ3) is 18.8. The van der Waals surface area contributed by atoms with E-state index in [4.69, 9.17) is 56.8 Å². The minimum Gasteiger partial charge on any atom is -0.469 e. The van der Waals surface area contributed by atoms with Crippen molar-refractivity contribution in [1.82, 2.24) is 0 Å². The monoisotopic (exact) mass is 1560 g/mol. The van der Waals surface area contributed by atoms with Crippen molar-refractivity contribution in [3.05, 3.63) is 0 Å². The fourth-order valence-corrected chi connectivity index (χ4v) is 20.3. The Hall–Kier alpha value is -6.40. The summed E-state index contributed by atoms with van der Waals surface area (Å²) in [5.74, 6) is -6.86. The normalized spacial score (nSPS) is 33.6. The summed E-state index contributed by atoms with van der Waals surface area (Å²) in [4.78, 5) is 146. The summed E-state index contributed by atoms with van der Waals surface area (Å²) in [7, 11) is 1.27. The van der Waals surface area contributed by atoms with E-state index in [1.807, 2.05) is 76.2 Å². The molecule has 3 saturated heterocycles. The summed E-state index contributed by atoms with van der Waals surface area (Å²) in [6, 6.07) is 0. The van der Waals surface area contributed by atoms with E-state index in [0.29, 0.717) is 55.8 Å². The first-order valence-electron chi connectivity index (χ1n) is 42.0. The van der Waals surface area contributed by atoms with Crippen LogP contribution in [0.15, 0.2) is 0 Å². The smallest absolute Gasteiger partial charge is 0.344 e. The van der Waals surface area contributed by atoms with Gasteiger partial charge in [-0.2, -0.15) is 0 Å². The predicted octanol–water partition coefficient (Wildman–Crippen LogP) is 13.4. The van der Waals surface area contributed by atoms with Gasteiger partial charge >= 0.3 is 71.6 Å². The van der Waals surface area contributed by atoms with Gasteiger partial charge in [0.15, 0.2) is 13.2 Å². The molecule has 14 rings (SSSR count). The summed E-state index contributed by atoms with van der Waals surface area (Å²) in [6.07, 6.45) is 23.1. The highest BCUT2D eigenvalue weighted by Crippen LogP contribution is 2.63. The maximum Gasteiger partial charge on any atom is 0.344 e. The highest BCUT2D eigenvalue weighted by Gasteiger charge is 2.72. The zero-order valence-corrected chi connectivity index (χ0v) is 69.8. The van der Waals surface area contributed by atoms with Crippen LogP contribution in [0.4, 0.5) is 0 Å². The number of methoxy groups -OCH3 is 1. The van der Waals surface area contributed by atoms with Gasteiger partial charge < -0.3 is 61.9 Å². The molecule has 0 aromatic heterocycles. The highest BCUT2D eigenvalue weighted by molar-refractivity contribution is 5.88. The Labute approximate surface area is 657 Å². The number of fused-ring (bicyclic) bond motifs is 2. The van der Waals surface area contributed by atoms with Gasteiger partial charge in [-0.1, -0.05) is 67.7 Å². The molecule has 0 radical (unpaired) electrons. The van der Waals surface area contributed by atoms with E-state index in [2.05, 4.69) is 13.8 Å². The molecule has 25 heteroatoms. The highest BCUT2D eigenvalue weighted by atomic mass is 16.6. The van der Waals surface area contributed by atoms with Crippen LogP contribution in [0.25, 0.3) is 0 Å². The molecular formula is C86H132O25. The fraction of sp³-hybridized carbons (Fsp3) is 0.860. The zero-order valence-electron chi connectivity index (χ0n) is 69.8. The van der Waals surface area contributed by atoms with E-state index in [1.165, 1.54) is 58.5 Å². The molecule has 14 fully saturated rings. The molecule has 16 atom stereocenters. The molecule has 25 nitrogen and oxygen atoms in total. The molecule has 0 aromatic carbocycles. The second-order valence-corrected chi connectivity index (χ2v) is 38.1. The van der Waals surface area contributed by atoms with E-state index in [1.54, 1.807) is 27.7 Å². The van der Waals surface area contributed by atoms with Crippen LogP contribution in [-0.2, 0) is 114 Å². The lowest BCUT2D eigenvalue weighted by Crippen LogP contribution is -2.61. The zero-order chi connectivity index (χ0) is 82.0. The first kappa shape index (κ1) is 88.5. The van der Waals surface area contributed by atoms with Crippen molar-refractivity contribution < 1.29 is 119 Å². The minimum atomic E-state index is -0.717. The van der Waals surface area contributed by atoms with Crippen molar-refractivity contribution >= 4 is 71.6 Å². The fourth-order valence-electron chi connectivity index (χ4n) is 20.3. The summed E-state index contributed by atoms with van der Waals surface area (Å²) < 4.78 is 65.0. The Morgan fingerprint density at radius 2 is 0.883 bits per heavy atom. The van der Waals surface area contributed by atoms with Gasteiger partial charge in [0.05, 0.1) is 69.9 Å². The first-order chi connectivity index (χ1) is 52.0. The van der Waals surface area contributed by atoms with Gasteiger partial charge in [-0.25, -0.2) is 9.59 Å². The molecule has 1 N–H and O–H groups in total. The largest absolute Gasteiger partial charge is 0.469 e. The average Bonchev–Trinajstić information content (AvgIpc) is 1.71. The van der Waals surface area contributed by atoms with Crippen molar-refractivity contribution in [3.8, 4) is 0 Å². The maximum atomic E-state index is 13.2. The molecule has 14 aliphatic rings. The van der Waals surface area contributed by atoms with Crippen LogP contribution in [0.5, 0.6) is 0 Å². The molecule has 0 amide bonds. The number of ether oxygens (including phenoxy) is 12. The van der Waals surface area contributed by atoms with Crippen molar-refractivity contribution in [3.63, 3.8) is 0 Å². The van der Waals surface area contributed by atoms with Crippen LogP contribution in [-0.4, -0.2) is 157 Å². The van der Waals surface area contributed by atoms with Gasteiger partial charge in [0.1, 0.15) is 53.9 Å². The summed E-state index contributed by atoms with van der Waals surface area (Å²) in [5.41, 5.74) is -3.86. The average molecular weight is 1570 g/mol. The third-order valence-electron chi connectivity index (χ3n) is 28.9. The van der Waals surface area contributed by atoms with Crippen LogP contribution < -0.4 is 0 Å². The second-order valence-electron chi connectivity index (χ2n) is 38.1. The Kier molecular flexibility index (Phi) is 27.6. The van der Waals surface area contributed by atoms with Gasteiger partial charge in [-0.3, -0.25) is 47.9 Å². The van der Waals surface area contributed by atoms with Crippen molar-refractivity contribution in [2.75, 3.05) is 26.9 Å². The molecule has 11 aliphatic carbocycles. The lowest BCUT2D eigenvalue weighted by Gasteiger charge is -2.59. The summed E-state index contributed by atoms with van der Waals surface area (Å²) in [6.45, 7) is 31.7. The van der Waals surface area contributed by atoms with E-state index in [0.717, 1.165) is 83.5 Å². The number of cyclic esters (lactones) is 1. The molecule has 8 bridgehead atoms. The topological polar surface area (TPSA) is 336 Å². The van der Waals surface area contributed by atoms with Crippen molar-refractivity contribution in [2.24, 2.45) is 91.7 Å². The second kappa shape index (κ2) is 34.6. The molecule has 16 unspecified atom stereocenters. The van der Waals surface area contributed by atoms with Crippen LogP contribution in [0, 0.1) is 91.7 Å². The molecule has 111 heavy (non-hydrogen) atoms. The van der Waals surface area contributed by atoms with Crippen LogP contribution in [0.1, 0.15) is 297 Å². The molecule has 626 valence electrons. The van der Waals surface area contributed by atoms with Gasteiger partial charge in [-0.15, -0.1) is 0 Å². The number of hydrogen-bond acceptors (Lipinski definition) is 25. The summed E-state index contributed by atoms with van der Waals surface area (Å²) in [5, 5.41) is 10.6. The van der Waals surface area contributed by atoms with Crippen molar-refractivity contribution in [1.29, 1.82) is 0 Å². The Bertz CT molecular complexity index is 3410. The number of carbonyl (C=O) groups excluding carboxylic acids is 12. The Balaban J connectivity index is 0.000000164. The quantitative estimate of drug-likeness (QED) is 0.0693. The molecule has 0 aromatic rings. The predicted molar refractivity (Wildman–Crippen MR) is 401 cm³/mol. The van der Waals surface area contributed by atoms with E-state index in [-0.39, 0.29) is 89.3 Å². The molecule has 3 heterocycles. The number of esters is 12. The lowest BCUT2D eigenvalue weighted by molar-refractivity contribution is -0.225. The Morgan fingerprint density at radius 1 is 0.468 bits per heavy atom. The SMILES string of the molecule is CCC(C)(C)C(=O)OC1(CC)CCCCC12CCCC2.CCC(C)(C)C(=O)OC12CC3CC(CC(O)(C3)C1)C2.CCC(C)(C)C(=O)OC1COC(=O)C1.CCC(C)(C)C(=O)OCC(=O)OC1C2CC3C1OC(=O)C3C2C(=O)OC.CCC1(OC(=O)C2C3CC4C(OC(=O)C42)C3OC(=O)COC(=O)C(C)(C)CC)CCCC1. The van der Waals surface area contributed by atoms with E-state index in [9.17, 15) is 62.6 Å². The number of aliphatic hydroxyl groups is 1. The number of carbonyl (C=O) groups is 12. The minimum absolute atomic E-state index is 0.0232. The van der Waals surface area contributed by atoms with Gasteiger partial charge in [0.25, 0.3) is 0 Å². The van der Waals surface area contributed by atoms with Gasteiger partial charge in [-0.05, 0) is 229 Å². The molecular weight excluding hydrogens is 1430 g/mol. The van der Waals surface area contributed by atoms with Crippen LogP contribution >= 0.6 is 0 Å². The number of rotatable bonds is 24. The molecule has 1 spiro atoms. The van der Waals surface area contributed by atoms with Crippen molar-refractivity contribution in [2.45, 2.75) is 350 Å². The van der Waals surface area contributed by atoms with Crippen LogP contribution in [0.3, 0.4) is 0 Å². The lowest BCUT2D eigenvalue weighted by atomic mass is 9.52. The number of hydrogen-bond donors (Lipinski definition) is 1. The van der Waals surface area contributed by atoms with Gasteiger partial charge in [0.2, 0.25) is 0 Å². The summed E-state index contributed by atoms with van der Waals surface area (Å²) >= 11 is 0. The Morgan fingerprint density at radius 3 is 1.29 bits per heavy atom. The molecule has 11 saturated carbocycles. The molecule has 3 aliphatic heterocycles. The third-order valence-corrected chi connectivity index (χ3v) is 28.9. The standard InChI is InChI=1S/C24H34O8.C18H24O8.C18H32O2.C16H26O3.C10H16O4/c1-5-23(3,4)22(28)29-12-15(25)30-18-14-11-13-16(20(26)31-19(13)18)17(14)21(27)32-24(6-2)9-7-8-10-24;1-5-18(2,3)17(22)24-7-10(19)25-13-8-6-9-12(11(8)15(20)23-4)16(21)26-14(9)13;1-5-16(3,4)15(19)20-18(6-2)14-10-9-13-17(18)11-7-8-12-17;1-4-14(2,3)13(17)19-16-8-11-5-12(9-16)7-15(18,6-11)10-16;1-4-10(2,3)9(12)14-7-5-8(11)13-6-7/h13-14,16-19H,5-12H2,1-4H3;8-9,11-14H,5-7H2,1-4H3;5-14H2,1-4H3;11-12,18H,4-10H2,1-3H3;7H,4-6H2,1-3H3. The van der Waals surface area contributed by atoms with Gasteiger partial charge in [0, 0.05) is 35.5 Å².